The first-order chi connectivity index (χ1) is 9.63. The molecule has 0 aromatic carbocycles. The van der Waals surface area contributed by atoms with Crippen LogP contribution >= 0.6 is 11.6 Å². The maximum absolute atomic E-state index is 12.2. The van der Waals surface area contributed by atoms with E-state index in [1.54, 1.807) is 12.1 Å². The van der Waals surface area contributed by atoms with Gasteiger partial charge < -0.3 is 15.3 Å². The maximum atomic E-state index is 12.2. The van der Waals surface area contributed by atoms with Crippen molar-refractivity contribution in [1.82, 2.24) is 10.3 Å². The van der Waals surface area contributed by atoms with Crippen LogP contribution in [0.25, 0.3) is 0 Å². The SMILES string of the molecule is CCC(CO)NC(=O)c1cc(Cl)nc(N2CCCC2)c1. The summed E-state index contributed by atoms with van der Waals surface area (Å²) in [5.74, 6) is 0.521. The third kappa shape index (κ3) is 3.61. The maximum Gasteiger partial charge on any atom is 0.251 e. The first-order valence-electron chi connectivity index (χ1n) is 6.98. The van der Waals surface area contributed by atoms with Gasteiger partial charge in [0.25, 0.3) is 5.91 Å². The first kappa shape index (κ1) is 15.1. The molecule has 5 nitrogen and oxygen atoms in total. The standard InChI is InChI=1S/C14H20ClN3O2/c1-2-11(9-19)16-14(20)10-7-12(15)17-13(8-10)18-5-3-4-6-18/h7-8,11,19H,2-6,9H2,1H3,(H,16,20). The van der Waals surface area contributed by atoms with Crippen molar-refractivity contribution in [2.75, 3.05) is 24.6 Å². The summed E-state index contributed by atoms with van der Waals surface area (Å²) in [6.45, 7) is 3.74. The number of pyridine rings is 1. The van der Waals surface area contributed by atoms with Gasteiger partial charge >= 0.3 is 0 Å². The Morgan fingerprint density at radius 3 is 2.80 bits per heavy atom. The van der Waals surface area contributed by atoms with Gasteiger partial charge in [-0.25, -0.2) is 4.98 Å². The fourth-order valence-corrected chi connectivity index (χ4v) is 2.47. The van der Waals surface area contributed by atoms with E-state index in [1.165, 1.54) is 0 Å². The summed E-state index contributed by atoms with van der Waals surface area (Å²) in [4.78, 5) is 18.6. The Kier molecular flexibility index (Phi) is 5.20. The van der Waals surface area contributed by atoms with Gasteiger partial charge in [-0.15, -0.1) is 0 Å². The number of hydrogen-bond donors (Lipinski definition) is 2. The average Bonchev–Trinajstić information content (AvgIpc) is 2.98. The molecule has 2 heterocycles. The molecule has 6 heteroatoms. The summed E-state index contributed by atoms with van der Waals surface area (Å²) in [7, 11) is 0. The minimum atomic E-state index is -0.232. The van der Waals surface area contributed by atoms with Crippen LogP contribution in [0.15, 0.2) is 12.1 Å². The van der Waals surface area contributed by atoms with E-state index in [2.05, 4.69) is 15.2 Å². The van der Waals surface area contributed by atoms with Crippen molar-refractivity contribution in [3.63, 3.8) is 0 Å². The molecule has 0 saturated carbocycles. The molecule has 0 radical (unpaired) electrons. The molecule has 1 atom stereocenters. The lowest BCUT2D eigenvalue weighted by atomic mass is 10.2. The highest BCUT2D eigenvalue weighted by Crippen LogP contribution is 2.22. The zero-order valence-corrected chi connectivity index (χ0v) is 12.4. The highest BCUT2D eigenvalue weighted by molar-refractivity contribution is 6.29. The van der Waals surface area contributed by atoms with Crippen LogP contribution in [0.4, 0.5) is 5.82 Å². The molecule has 110 valence electrons. The lowest BCUT2D eigenvalue weighted by molar-refractivity contribution is 0.0915. The second kappa shape index (κ2) is 6.90. The molecular formula is C14H20ClN3O2. The normalized spacial score (nSPS) is 16.2. The topological polar surface area (TPSA) is 65.5 Å². The highest BCUT2D eigenvalue weighted by Gasteiger charge is 2.18. The van der Waals surface area contributed by atoms with Crippen LogP contribution in [0.3, 0.4) is 0 Å². The van der Waals surface area contributed by atoms with Gasteiger partial charge in [0, 0.05) is 18.7 Å². The largest absolute Gasteiger partial charge is 0.394 e. The number of nitrogens with one attached hydrogen (secondary N) is 1. The smallest absolute Gasteiger partial charge is 0.251 e. The fraction of sp³-hybridized carbons (Fsp3) is 0.571. The van der Waals surface area contributed by atoms with Crippen molar-refractivity contribution in [2.45, 2.75) is 32.2 Å². The predicted molar refractivity (Wildman–Crippen MR) is 79.3 cm³/mol. The van der Waals surface area contributed by atoms with E-state index >= 15 is 0 Å². The van der Waals surface area contributed by atoms with Crippen molar-refractivity contribution in [1.29, 1.82) is 0 Å². The third-order valence-corrected chi connectivity index (χ3v) is 3.71. The number of anilines is 1. The Hall–Kier alpha value is -1.33. The summed E-state index contributed by atoms with van der Waals surface area (Å²) in [5.41, 5.74) is 0.485. The molecule has 1 fully saturated rings. The van der Waals surface area contributed by atoms with E-state index < -0.39 is 0 Å². The van der Waals surface area contributed by atoms with Crippen molar-refractivity contribution in [3.05, 3.63) is 22.8 Å². The number of carbonyl (C=O) groups is 1. The Morgan fingerprint density at radius 1 is 1.50 bits per heavy atom. The van der Waals surface area contributed by atoms with Gasteiger partial charge in [-0.3, -0.25) is 4.79 Å². The second-order valence-corrected chi connectivity index (χ2v) is 5.38. The molecule has 1 aromatic rings. The number of amides is 1. The van der Waals surface area contributed by atoms with Crippen molar-refractivity contribution >= 4 is 23.3 Å². The molecule has 1 aromatic heterocycles. The van der Waals surface area contributed by atoms with Crippen LogP contribution in [-0.2, 0) is 0 Å². The summed E-state index contributed by atoms with van der Waals surface area (Å²) in [6.07, 6.45) is 2.95. The zero-order valence-electron chi connectivity index (χ0n) is 11.6. The van der Waals surface area contributed by atoms with Gasteiger partial charge in [0.05, 0.1) is 12.6 Å². The van der Waals surface area contributed by atoms with Crippen LogP contribution < -0.4 is 10.2 Å². The Balaban J connectivity index is 2.16. The van der Waals surface area contributed by atoms with E-state index in [4.69, 9.17) is 16.7 Å². The Bertz CT molecular complexity index is 471. The molecule has 1 saturated heterocycles. The van der Waals surface area contributed by atoms with Gasteiger partial charge in [-0.1, -0.05) is 18.5 Å². The van der Waals surface area contributed by atoms with E-state index in [0.29, 0.717) is 17.1 Å². The number of rotatable bonds is 5. The second-order valence-electron chi connectivity index (χ2n) is 4.99. The van der Waals surface area contributed by atoms with Crippen molar-refractivity contribution in [2.24, 2.45) is 0 Å². The molecule has 1 aliphatic rings. The van der Waals surface area contributed by atoms with Gasteiger partial charge in [0.2, 0.25) is 0 Å². The van der Waals surface area contributed by atoms with Crippen LogP contribution in [0, 0.1) is 0 Å². The van der Waals surface area contributed by atoms with E-state index in [-0.39, 0.29) is 18.6 Å². The molecular weight excluding hydrogens is 278 g/mol. The summed E-state index contributed by atoms with van der Waals surface area (Å²) < 4.78 is 0. The average molecular weight is 298 g/mol. The van der Waals surface area contributed by atoms with Gasteiger partial charge in [-0.2, -0.15) is 0 Å². The van der Waals surface area contributed by atoms with Crippen LogP contribution in [0.1, 0.15) is 36.5 Å². The van der Waals surface area contributed by atoms with Gasteiger partial charge in [0.1, 0.15) is 11.0 Å². The van der Waals surface area contributed by atoms with Crippen LogP contribution in [0.2, 0.25) is 5.15 Å². The Morgan fingerprint density at radius 2 is 2.20 bits per heavy atom. The highest BCUT2D eigenvalue weighted by atomic mass is 35.5. The number of aliphatic hydroxyl groups excluding tert-OH is 1. The van der Waals surface area contributed by atoms with E-state index in [0.717, 1.165) is 31.7 Å². The number of nitrogens with zero attached hydrogens (tertiary/aromatic N) is 2. The minimum absolute atomic E-state index is 0.0694. The van der Waals surface area contributed by atoms with Crippen molar-refractivity contribution in [3.8, 4) is 0 Å². The first-order valence-corrected chi connectivity index (χ1v) is 7.36. The minimum Gasteiger partial charge on any atom is -0.394 e. The zero-order chi connectivity index (χ0) is 14.5. The van der Waals surface area contributed by atoms with Crippen LogP contribution in [-0.4, -0.2) is 41.7 Å². The molecule has 2 rings (SSSR count). The summed E-state index contributed by atoms with van der Waals surface area (Å²) in [5, 5.41) is 12.2. The number of aromatic nitrogens is 1. The molecule has 0 spiro atoms. The number of carbonyl (C=O) groups excluding carboxylic acids is 1. The summed E-state index contributed by atoms with van der Waals surface area (Å²) >= 11 is 6.01. The molecule has 1 unspecified atom stereocenters. The predicted octanol–water partition coefficient (Wildman–Crippen LogP) is 1.84. The number of aliphatic hydroxyl groups is 1. The van der Waals surface area contributed by atoms with Crippen LogP contribution in [0.5, 0.6) is 0 Å². The van der Waals surface area contributed by atoms with Gasteiger partial charge in [-0.05, 0) is 31.4 Å². The Labute approximate surface area is 123 Å². The quantitative estimate of drug-likeness (QED) is 0.814. The lowest BCUT2D eigenvalue weighted by Gasteiger charge is -2.18. The molecule has 20 heavy (non-hydrogen) atoms. The lowest BCUT2D eigenvalue weighted by Crippen LogP contribution is -2.37. The molecule has 1 amide bonds. The number of hydrogen-bond acceptors (Lipinski definition) is 4. The fourth-order valence-electron chi connectivity index (χ4n) is 2.27. The summed E-state index contributed by atoms with van der Waals surface area (Å²) in [6, 6.07) is 3.08. The van der Waals surface area contributed by atoms with E-state index in [1.807, 2.05) is 6.92 Å². The number of halogens is 1. The molecule has 0 bridgehead atoms. The monoisotopic (exact) mass is 297 g/mol. The van der Waals surface area contributed by atoms with Crippen molar-refractivity contribution < 1.29 is 9.90 Å². The van der Waals surface area contributed by atoms with E-state index in [9.17, 15) is 4.79 Å². The third-order valence-electron chi connectivity index (χ3n) is 3.52. The molecule has 1 aliphatic heterocycles. The van der Waals surface area contributed by atoms with Gasteiger partial charge in [0.15, 0.2) is 0 Å². The molecule has 2 N–H and O–H groups in total. The molecule has 0 aliphatic carbocycles.